The summed E-state index contributed by atoms with van der Waals surface area (Å²) in [6.45, 7) is 13.2. The Morgan fingerprint density at radius 1 is 1.18 bits per heavy atom. The van der Waals surface area contributed by atoms with Crippen molar-refractivity contribution in [1.29, 1.82) is 0 Å². The minimum absolute atomic E-state index is 0. The molecule has 9 heteroatoms. The average molecular weight is 572 g/mol. The summed E-state index contributed by atoms with van der Waals surface area (Å²) in [4.78, 5) is 7.25. The molecule has 0 amide bonds. The number of nitrogens with one attached hydrogen (secondary N) is 2. The van der Waals surface area contributed by atoms with Crippen LogP contribution in [-0.2, 0) is 20.0 Å². The molecule has 0 saturated heterocycles. The summed E-state index contributed by atoms with van der Waals surface area (Å²) in [5.74, 6) is 3.44. The third kappa shape index (κ3) is 10.3. The first kappa shape index (κ1) is 29.2. The monoisotopic (exact) mass is 571 g/mol. The van der Waals surface area contributed by atoms with E-state index in [1.54, 1.807) is 7.11 Å². The zero-order valence-electron chi connectivity index (χ0n) is 21.1. The first-order valence-electron chi connectivity index (χ1n) is 11.7. The van der Waals surface area contributed by atoms with Crippen LogP contribution in [0.2, 0.25) is 0 Å². The minimum Gasteiger partial charge on any atom is -0.497 e. The molecule has 0 spiro atoms. The Morgan fingerprint density at radius 2 is 1.88 bits per heavy atom. The van der Waals surface area contributed by atoms with E-state index in [1.807, 2.05) is 30.7 Å². The van der Waals surface area contributed by atoms with E-state index in [4.69, 9.17) is 9.73 Å². The van der Waals surface area contributed by atoms with E-state index in [1.165, 1.54) is 5.56 Å². The lowest BCUT2D eigenvalue weighted by molar-refractivity contribution is 0.292. The standard InChI is InChI=1S/C24H41N7O.HI/c1-7-31(8-2)17-9-10-19(3)27-24(26-18-23-29-28-20(4)30(23)5)25-16-15-21-11-13-22(32-6)14-12-21;/h11-14,19H,7-10,15-18H2,1-6H3,(H2,25,26,27);1H. The average Bonchev–Trinajstić information content (AvgIpc) is 3.12. The maximum Gasteiger partial charge on any atom is 0.191 e. The Kier molecular flexibility index (Phi) is 14.0. The second-order valence-corrected chi connectivity index (χ2v) is 8.13. The first-order chi connectivity index (χ1) is 15.5. The van der Waals surface area contributed by atoms with E-state index in [9.17, 15) is 0 Å². The molecule has 2 rings (SSSR count). The number of aryl methyl sites for hydroxylation is 1. The molecule has 0 saturated carbocycles. The van der Waals surface area contributed by atoms with Crippen LogP contribution >= 0.6 is 24.0 Å². The van der Waals surface area contributed by atoms with Crippen molar-refractivity contribution in [2.45, 2.75) is 59.5 Å². The largest absolute Gasteiger partial charge is 0.497 e. The minimum atomic E-state index is 0. The van der Waals surface area contributed by atoms with E-state index in [0.29, 0.717) is 12.6 Å². The number of hydrogen-bond acceptors (Lipinski definition) is 5. The molecule has 1 atom stereocenters. The Labute approximate surface area is 216 Å². The summed E-state index contributed by atoms with van der Waals surface area (Å²) in [6.07, 6.45) is 3.17. The van der Waals surface area contributed by atoms with Crippen LogP contribution in [0.1, 0.15) is 50.8 Å². The van der Waals surface area contributed by atoms with Gasteiger partial charge in [0, 0.05) is 19.6 Å². The molecule has 2 N–H and O–H groups in total. The molecule has 0 bridgehead atoms. The van der Waals surface area contributed by atoms with Gasteiger partial charge in [0.15, 0.2) is 11.8 Å². The maximum atomic E-state index is 5.24. The van der Waals surface area contributed by atoms with Crippen LogP contribution in [0.5, 0.6) is 5.75 Å². The lowest BCUT2D eigenvalue weighted by atomic mass is 10.1. The van der Waals surface area contributed by atoms with Crippen LogP contribution in [0.25, 0.3) is 0 Å². The molecule has 1 aromatic heterocycles. The second-order valence-electron chi connectivity index (χ2n) is 8.13. The van der Waals surface area contributed by atoms with Crippen molar-refractivity contribution in [2.24, 2.45) is 12.0 Å². The number of nitrogens with zero attached hydrogens (tertiary/aromatic N) is 5. The predicted octanol–water partition coefficient (Wildman–Crippen LogP) is 3.54. The van der Waals surface area contributed by atoms with Gasteiger partial charge in [0.05, 0.1) is 7.11 Å². The highest BCUT2D eigenvalue weighted by molar-refractivity contribution is 14.0. The molecule has 0 aliphatic heterocycles. The number of hydrogen-bond donors (Lipinski definition) is 2. The molecule has 1 heterocycles. The molecule has 33 heavy (non-hydrogen) atoms. The van der Waals surface area contributed by atoms with Gasteiger partial charge in [-0.1, -0.05) is 26.0 Å². The van der Waals surface area contributed by atoms with Gasteiger partial charge >= 0.3 is 0 Å². The number of aliphatic imine (C=N–C) groups is 1. The van der Waals surface area contributed by atoms with Gasteiger partial charge in [-0.05, 0) is 70.4 Å². The summed E-state index contributed by atoms with van der Waals surface area (Å²) in [5, 5.41) is 15.4. The lowest BCUT2D eigenvalue weighted by Crippen LogP contribution is -2.43. The Balaban J connectivity index is 0.00000544. The summed E-state index contributed by atoms with van der Waals surface area (Å²) >= 11 is 0. The Hall–Kier alpha value is -1.88. The Morgan fingerprint density at radius 3 is 2.45 bits per heavy atom. The molecule has 0 radical (unpaired) electrons. The molecule has 8 nitrogen and oxygen atoms in total. The summed E-state index contributed by atoms with van der Waals surface area (Å²) < 4.78 is 7.22. The van der Waals surface area contributed by atoms with Crippen LogP contribution in [0, 0.1) is 6.92 Å². The number of ether oxygens (including phenoxy) is 1. The van der Waals surface area contributed by atoms with Gasteiger partial charge in [-0.15, -0.1) is 34.2 Å². The van der Waals surface area contributed by atoms with Gasteiger partial charge < -0.3 is 24.8 Å². The van der Waals surface area contributed by atoms with Crippen LogP contribution < -0.4 is 15.4 Å². The van der Waals surface area contributed by atoms with E-state index in [0.717, 1.165) is 68.8 Å². The number of rotatable bonds is 13. The fourth-order valence-electron chi connectivity index (χ4n) is 3.47. The second kappa shape index (κ2) is 15.9. The van der Waals surface area contributed by atoms with Gasteiger partial charge in [-0.3, -0.25) is 0 Å². The number of methoxy groups -OCH3 is 1. The van der Waals surface area contributed by atoms with Crippen molar-refractivity contribution in [3.63, 3.8) is 0 Å². The highest BCUT2D eigenvalue weighted by Crippen LogP contribution is 2.11. The van der Waals surface area contributed by atoms with Crippen molar-refractivity contribution in [2.75, 3.05) is 33.3 Å². The van der Waals surface area contributed by atoms with E-state index >= 15 is 0 Å². The van der Waals surface area contributed by atoms with E-state index in [-0.39, 0.29) is 24.0 Å². The van der Waals surface area contributed by atoms with Gasteiger partial charge in [0.2, 0.25) is 0 Å². The first-order valence-corrected chi connectivity index (χ1v) is 11.7. The molecule has 0 aliphatic rings. The molecule has 0 fully saturated rings. The van der Waals surface area contributed by atoms with Crippen molar-refractivity contribution >= 4 is 29.9 Å². The maximum absolute atomic E-state index is 5.24. The molecule has 1 unspecified atom stereocenters. The van der Waals surface area contributed by atoms with Crippen molar-refractivity contribution in [3.05, 3.63) is 41.5 Å². The fraction of sp³-hybridized carbons (Fsp3) is 0.625. The van der Waals surface area contributed by atoms with Gasteiger partial charge in [-0.25, -0.2) is 4.99 Å². The smallest absolute Gasteiger partial charge is 0.191 e. The third-order valence-electron chi connectivity index (χ3n) is 5.82. The highest BCUT2D eigenvalue weighted by atomic mass is 127. The number of benzene rings is 1. The van der Waals surface area contributed by atoms with Crippen molar-refractivity contribution in [1.82, 2.24) is 30.3 Å². The predicted molar refractivity (Wildman–Crippen MR) is 147 cm³/mol. The Bertz CT molecular complexity index is 819. The summed E-state index contributed by atoms with van der Waals surface area (Å²) in [5.41, 5.74) is 1.26. The zero-order chi connectivity index (χ0) is 23.3. The van der Waals surface area contributed by atoms with Crippen molar-refractivity contribution < 1.29 is 4.74 Å². The van der Waals surface area contributed by atoms with Gasteiger partial charge in [0.25, 0.3) is 0 Å². The SMILES string of the molecule is CCN(CC)CCCC(C)NC(=NCc1nnc(C)n1C)NCCc1ccc(OC)cc1.I. The molecular formula is C24H42IN7O. The zero-order valence-corrected chi connectivity index (χ0v) is 23.4. The number of aromatic nitrogens is 3. The third-order valence-corrected chi connectivity index (χ3v) is 5.82. The topological polar surface area (TPSA) is 79.6 Å². The number of guanidine groups is 1. The van der Waals surface area contributed by atoms with Crippen molar-refractivity contribution in [3.8, 4) is 5.75 Å². The normalized spacial score (nSPS) is 12.4. The molecule has 1 aromatic carbocycles. The van der Waals surface area contributed by atoms with Gasteiger partial charge in [-0.2, -0.15) is 0 Å². The summed E-state index contributed by atoms with van der Waals surface area (Å²) in [7, 11) is 3.66. The lowest BCUT2D eigenvalue weighted by Gasteiger charge is -2.21. The van der Waals surface area contributed by atoms with Crippen LogP contribution in [0.4, 0.5) is 0 Å². The molecule has 2 aromatic rings. The number of halogens is 1. The fourth-order valence-corrected chi connectivity index (χ4v) is 3.47. The van der Waals surface area contributed by atoms with Crippen LogP contribution in [0.3, 0.4) is 0 Å². The quantitative estimate of drug-likeness (QED) is 0.218. The van der Waals surface area contributed by atoms with E-state index < -0.39 is 0 Å². The highest BCUT2D eigenvalue weighted by Gasteiger charge is 2.09. The van der Waals surface area contributed by atoms with Crippen LogP contribution in [0.15, 0.2) is 29.3 Å². The molecule has 0 aliphatic carbocycles. The van der Waals surface area contributed by atoms with Crippen LogP contribution in [-0.4, -0.2) is 65.0 Å². The van der Waals surface area contributed by atoms with Gasteiger partial charge in [0.1, 0.15) is 18.1 Å². The summed E-state index contributed by atoms with van der Waals surface area (Å²) in [6, 6.07) is 8.53. The molecular weight excluding hydrogens is 529 g/mol. The van der Waals surface area contributed by atoms with E-state index in [2.05, 4.69) is 58.6 Å². The molecule has 186 valence electrons.